The van der Waals surface area contributed by atoms with Gasteiger partial charge in [0.15, 0.2) is 0 Å². The first-order valence-corrected chi connectivity index (χ1v) is 19.0. The average Bonchev–Trinajstić information content (AvgIpc) is 3.08. The van der Waals surface area contributed by atoms with Gasteiger partial charge in [-0.05, 0) is 233 Å². The van der Waals surface area contributed by atoms with Crippen molar-refractivity contribution in [3.63, 3.8) is 0 Å². The lowest BCUT2D eigenvalue weighted by atomic mass is 9.93. The molecule has 0 unspecified atom stereocenters. The molecule has 3 aromatic rings. The number of hydrogen-bond donors (Lipinski definition) is 4. The van der Waals surface area contributed by atoms with Crippen LogP contribution in [0, 0.1) is 104 Å². The number of unbranched alkanes of at least 4 members (excludes halogenated alkanes) is 4. The van der Waals surface area contributed by atoms with Gasteiger partial charge in [0.2, 0.25) is 0 Å². The lowest BCUT2D eigenvalue weighted by molar-refractivity contribution is 0.695. The molecule has 0 fully saturated rings. The van der Waals surface area contributed by atoms with E-state index in [2.05, 4.69) is 130 Å². The molecule has 0 spiro atoms. The second-order valence-electron chi connectivity index (χ2n) is 14.0. The highest BCUT2D eigenvalue weighted by Gasteiger charge is 2.13. The summed E-state index contributed by atoms with van der Waals surface area (Å²) in [6, 6.07) is 0. The summed E-state index contributed by atoms with van der Waals surface area (Å²) in [6.45, 7) is 37.0. The van der Waals surface area contributed by atoms with E-state index in [4.69, 9.17) is 11.5 Å². The topological polar surface area (TPSA) is 76.1 Å². The van der Waals surface area contributed by atoms with Crippen LogP contribution in [0.2, 0.25) is 0 Å². The molecule has 3 rings (SSSR count). The first-order valence-electron chi connectivity index (χ1n) is 18.2. The van der Waals surface area contributed by atoms with Crippen LogP contribution < -0.4 is 22.1 Å². The van der Waals surface area contributed by atoms with Crippen molar-refractivity contribution in [2.75, 3.05) is 36.8 Å². The van der Waals surface area contributed by atoms with Crippen LogP contribution in [0.4, 0.5) is 11.4 Å². The molecule has 4 nitrogen and oxygen atoms in total. The van der Waals surface area contributed by atoms with E-state index in [1.165, 1.54) is 125 Å². The largest absolute Gasteiger partial charge is 0.385 e. The van der Waals surface area contributed by atoms with Gasteiger partial charge in [-0.3, -0.25) is 0 Å². The minimum Gasteiger partial charge on any atom is -0.385 e. The Morgan fingerprint density at radius 3 is 0.833 bits per heavy atom. The third kappa shape index (κ3) is 11.4. The van der Waals surface area contributed by atoms with Crippen molar-refractivity contribution in [1.82, 2.24) is 0 Å². The first kappa shape index (κ1) is 43.7. The van der Waals surface area contributed by atoms with E-state index in [0.717, 1.165) is 39.0 Å². The van der Waals surface area contributed by atoms with E-state index in [1.54, 1.807) is 0 Å². The van der Waals surface area contributed by atoms with Crippen molar-refractivity contribution in [1.29, 1.82) is 0 Å². The van der Waals surface area contributed by atoms with Gasteiger partial charge >= 0.3 is 0 Å². The number of benzene rings is 3. The Morgan fingerprint density at radius 1 is 0.333 bits per heavy atom. The molecule has 270 valence electrons. The van der Waals surface area contributed by atoms with Crippen molar-refractivity contribution < 1.29 is 0 Å². The van der Waals surface area contributed by atoms with E-state index >= 15 is 0 Å². The smallest absolute Gasteiger partial charge is 0.0405 e. The molecular weight excluding hydrogens is 652 g/mol. The van der Waals surface area contributed by atoms with Gasteiger partial charge in [0.25, 0.3) is 0 Å². The first-order chi connectivity index (χ1) is 22.5. The van der Waals surface area contributed by atoms with E-state index < -0.39 is 0 Å². The quantitative estimate of drug-likeness (QED) is 0.140. The molecule has 0 aliphatic rings. The summed E-state index contributed by atoms with van der Waals surface area (Å²) in [5.74, 6) is 0. The van der Waals surface area contributed by atoms with Crippen molar-refractivity contribution >= 4 is 27.3 Å². The number of rotatable bonds is 12. The Balaban J connectivity index is 0.000000494. The SMILES string of the molecule is Cc1c(C)c(C)c(Br)c(C)c1C.Cc1c(C)c(C)c(NCCCCCNc2c(C)c(C)c(C)c(C)c2C)c(C)c1C.NCCCCCN. The highest BCUT2D eigenvalue weighted by atomic mass is 79.9. The van der Waals surface area contributed by atoms with Gasteiger partial charge in [-0.1, -0.05) is 22.4 Å². The third-order valence-electron chi connectivity index (χ3n) is 11.3. The van der Waals surface area contributed by atoms with Crippen molar-refractivity contribution in [3.05, 3.63) is 87.9 Å². The summed E-state index contributed by atoms with van der Waals surface area (Å²) < 4.78 is 1.27. The molecule has 3 aromatic carbocycles. The van der Waals surface area contributed by atoms with E-state index in [1.807, 2.05) is 0 Å². The van der Waals surface area contributed by atoms with Crippen LogP contribution in [0.3, 0.4) is 0 Å². The van der Waals surface area contributed by atoms with Gasteiger partial charge in [0.1, 0.15) is 0 Å². The summed E-state index contributed by atoms with van der Waals surface area (Å²) in [7, 11) is 0. The number of hydrogen-bond acceptors (Lipinski definition) is 4. The fourth-order valence-corrected chi connectivity index (χ4v) is 6.90. The van der Waals surface area contributed by atoms with Crippen LogP contribution in [0.5, 0.6) is 0 Å². The molecule has 0 aliphatic heterocycles. The molecular formula is C43H71BrN4. The summed E-state index contributed by atoms with van der Waals surface area (Å²) in [5, 5.41) is 7.44. The number of halogens is 1. The van der Waals surface area contributed by atoms with Crippen LogP contribution in [-0.2, 0) is 0 Å². The Hall–Kier alpha value is -2.34. The predicted octanol–water partition coefficient (Wildman–Crippen LogP) is 11.5. The zero-order valence-electron chi connectivity index (χ0n) is 33.6. The molecule has 6 N–H and O–H groups in total. The maximum Gasteiger partial charge on any atom is 0.0405 e. The van der Waals surface area contributed by atoms with Crippen LogP contribution in [0.15, 0.2) is 4.47 Å². The number of nitrogens with two attached hydrogens (primary N) is 2. The molecule has 0 aliphatic carbocycles. The fraction of sp³-hybridized carbons (Fsp3) is 0.581. The summed E-state index contributed by atoms with van der Waals surface area (Å²) >= 11 is 3.61. The Labute approximate surface area is 304 Å². The molecule has 0 atom stereocenters. The van der Waals surface area contributed by atoms with Crippen LogP contribution in [0.25, 0.3) is 0 Å². The Kier molecular flexibility index (Phi) is 19.1. The van der Waals surface area contributed by atoms with Gasteiger partial charge < -0.3 is 22.1 Å². The monoisotopic (exact) mass is 722 g/mol. The molecule has 0 saturated carbocycles. The highest BCUT2D eigenvalue weighted by Crippen LogP contribution is 2.32. The summed E-state index contributed by atoms with van der Waals surface area (Å²) in [5.41, 5.74) is 34.3. The lowest BCUT2D eigenvalue weighted by Crippen LogP contribution is -2.10. The molecule has 48 heavy (non-hydrogen) atoms. The molecule has 0 saturated heterocycles. The minimum absolute atomic E-state index is 0.806. The zero-order valence-corrected chi connectivity index (χ0v) is 35.2. The van der Waals surface area contributed by atoms with Crippen LogP contribution in [-0.4, -0.2) is 26.2 Å². The summed E-state index contributed by atoms with van der Waals surface area (Å²) in [6.07, 6.45) is 7.08. The second kappa shape index (κ2) is 21.0. The summed E-state index contributed by atoms with van der Waals surface area (Å²) in [4.78, 5) is 0. The number of anilines is 2. The average molecular weight is 724 g/mol. The molecule has 0 aromatic heterocycles. The number of nitrogens with one attached hydrogen (secondary N) is 2. The molecule has 0 heterocycles. The maximum absolute atomic E-state index is 5.23. The zero-order chi connectivity index (χ0) is 36.9. The van der Waals surface area contributed by atoms with Gasteiger partial charge in [0, 0.05) is 28.9 Å². The lowest BCUT2D eigenvalue weighted by Gasteiger charge is -2.20. The maximum atomic E-state index is 5.23. The minimum atomic E-state index is 0.806. The predicted molar refractivity (Wildman–Crippen MR) is 221 cm³/mol. The second-order valence-corrected chi connectivity index (χ2v) is 14.8. The van der Waals surface area contributed by atoms with Gasteiger partial charge in [0.05, 0.1) is 0 Å². The van der Waals surface area contributed by atoms with Gasteiger partial charge in [-0.25, -0.2) is 0 Å². The highest BCUT2D eigenvalue weighted by molar-refractivity contribution is 9.10. The molecule has 0 bridgehead atoms. The third-order valence-corrected chi connectivity index (χ3v) is 12.5. The fourth-order valence-electron chi connectivity index (χ4n) is 6.30. The van der Waals surface area contributed by atoms with E-state index in [9.17, 15) is 0 Å². The molecule has 0 amide bonds. The van der Waals surface area contributed by atoms with E-state index in [-0.39, 0.29) is 0 Å². The van der Waals surface area contributed by atoms with Crippen molar-refractivity contribution in [2.45, 2.75) is 142 Å². The standard InChI is InChI=1S/C27H42N2.C11H15Br.C5H14N2/c1-16-18(3)22(7)26(23(8)19(16)4)28-14-12-11-13-15-29-27-24(9)20(5)17(2)21(6)25(27)10;1-6-7(2)9(4)11(12)10(5)8(6)3;6-4-2-1-3-5-7/h28-29H,11-15H2,1-10H3;1-5H3;1-7H2. The van der Waals surface area contributed by atoms with Crippen LogP contribution in [0.1, 0.15) is 122 Å². The van der Waals surface area contributed by atoms with Gasteiger partial charge in [-0.2, -0.15) is 0 Å². The molecule has 0 radical (unpaired) electrons. The normalized spacial score (nSPS) is 10.7. The molecule has 5 heteroatoms. The van der Waals surface area contributed by atoms with Crippen LogP contribution >= 0.6 is 15.9 Å². The van der Waals surface area contributed by atoms with Crippen molar-refractivity contribution in [2.24, 2.45) is 11.5 Å². The van der Waals surface area contributed by atoms with Crippen molar-refractivity contribution in [3.8, 4) is 0 Å². The Bertz CT molecular complexity index is 1260. The van der Waals surface area contributed by atoms with E-state index in [0.29, 0.717) is 0 Å². The Morgan fingerprint density at radius 2 is 0.562 bits per heavy atom. The van der Waals surface area contributed by atoms with Gasteiger partial charge in [-0.15, -0.1) is 0 Å².